The molecule has 0 bridgehead atoms. The molecule has 1 saturated heterocycles. The quantitative estimate of drug-likeness (QED) is 0.292. The van der Waals surface area contributed by atoms with Gasteiger partial charge in [0.1, 0.15) is 11.5 Å². The maximum Gasteiger partial charge on any atom is 0.295 e. The molecule has 0 spiro atoms. The van der Waals surface area contributed by atoms with E-state index in [2.05, 4.69) is 15.9 Å². The lowest BCUT2D eigenvalue weighted by atomic mass is 9.94. The van der Waals surface area contributed by atoms with Crippen LogP contribution in [0.2, 0.25) is 0 Å². The molecule has 0 aliphatic carbocycles. The van der Waals surface area contributed by atoms with Crippen LogP contribution in [0.5, 0.6) is 5.75 Å². The van der Waals surface area contributed by atoms with Gasteiger partial charge in [0.25, 0.3) is 11.7 Å². The molecular weight excluding hydrogens is 484 g/mol. The standard InChI is InChI=1S/C26H31BrN2O4/c1-5-15-33-20-11-12-21(17(2)16-20)24(30)22-23(18-7-9-19(27)10-8-18)29(26(32)25(22)31)14-6-13-28(3)4/h7-12,16,23,30H,5-6,13-15H2,1-4H3/t23-/m0/s1. The first-order valence-corrected chi connectivity index (χ1v) is 12.0. The molecule has 33 heavy (non-hydrogen) atoms. The van der Waals surface area contributed by atoms with E-state index in [-0.39, 0.29) is 11.3 Å². The highest BCUT2D eigenvalue weighted by atomic mass is 79.9. The number of benzene rings is 2. The van der Waals surface area contributed by atoms with E-state index in [1.54, 1.807) is 17.0 Å². The summed E-state index contributed by atoms with van der Waals surface area (Å²) in [6.45, 7) is 5.70. The third kappa shape index (κ3) is 5.65. The first-order valence-electron chi connectivity index (χ1n) is 11.2. The predicted molar refractivity (Wildman–Crippen MR) is 133 cm³/mol. The van der Waals surface area contributed by atoms with Gasteiger partial charge in [0, 0.05) is 16.6 Å². The minimum Gasteiger partial charge on any atom is -0.507 e. The maximum absolute atomic E-state index is 13.1. The molecule has 1 heterocycles. The van der Waals surface area contributed by atoms with Crippen molar-refractivity contribution in [3.63, 3.8) is 0 Å². The van der Waals surface area contributed by atoms with E-state index in [4.69, 9.17) is 4.74 Å². The zero-order valence-corrected chi connectivity index (χ0v) is 21.2. The summed E-state index contributed by atoms with van der Waals surface area (Å²) in [6.07, 6.45) is 1.61. The van der Waals surface area contributed by atoms with Crippen molar-refractivity contribution < 1.29 is 19.4 Å². The molecule has 1 aliphatic heterocycles. The Balaban J connectivity index is 2.06. The molecule has 3 rings (SSSR count). The molecular formula is C26H31BrN2O4. The monoisotopic (exact) mass is 514 g/mol. The van der Waals surface area contributed by atoms with E-state index in [1.807, 2.05) is 63.2 Å². The Hall–Kier alpha value is -2.64. The Kier molecular flexibility index (Phi) is 8.32. The van der Waals surface area contributed by atoms with Crippen molar-refractivity contribution >= 4 is 33.4 Å². The van der Waals surface area contributed by atoms with Crippen LogP contribution < -0.4 is 4.74 Å². The SMILES string of the molecule is CCCOc1ccc(C(O)=C2C(=O)C(=O)N(CCCN(C)C)[C@H]2c2ccc(Br)cc2)c(C)c1. The molecule has 0 saturated carbocycles. The zero-order chi connectivity index (χ0) is 24.1. The van der Waals surface area contributed by atoms with Gasteiger partial charge in [-0.15, -0.1) is 0 Å². The molecule has 2 aromatic carbocycles. The van der Waals surface area contributed by atoms with E-state index < -0.39 is 17.7 Å². The number of Topliss-reactive ketones (excluding diaryl/α,β-unsaturated/α-hetero) is 1. The summed E-state index contributed by atoms with van der Waals surface area (Å²) in [5, 5.41) is 11.3. The lowest BCUT2D eigenvalue weighted by Gasteiger charge is -2.26. The molecule has 0 unspecified atom stereocenters. The molecule has 0 radical (unpaired) electrons. The van der Waals surface area contributed by atoms with E-state index in [0.717, 1.165) is 35.0 Å². The van der Waals surface area contributed by atoms with Crippen molar-refractivity contribution in [1.82, 2.24) is 9.80 Å². The van der Waals surface area contributed by atoms with Crippen molar-refractivity contribution in [2.75, 3.05) is 33.8 Å². The molecule has 1 aliphatic rings. The maximum atomic E-state index is 13.1. The van der Waals surface area contributed by atoms with Gasteiger partial charge in [-0.1, -0.05) is 35.0 Å². The first kappa shape index (κ1) is 25.0. The van der Waals surface area contributed by atoms with Gasteiger partial charge in [-0.2, -0.15) is 0 Å². The number of aliphatic hydroxyl groups excluding tert-OH is 1. The van der Waals surface area contributed by atoms with Crippen molar-refractivity contribution in [2.24, 2.45) is 0 Å². The van der Waals surface area contributed by atoms with Crippen LogP contribution in [0.4, 0.5) is 0 Å². The summed E-state index contributed by atoms with van der Waals surface area (Å²) in [5.41, 5.74) is 2.20. The van der Waals surface area contributed by atoms with Crippen LogP contribution in [0.25, 0.3) is 5.76 Å². The fourth-order valence-electron chi connectivity index (χ4n) is 4.02. The number of carbonyl (C=O) groups excluding carboxylic acids is 2. The van der Waals surface area contributed by atoms with Crippen molar-refractivity contribution in [2.45, 2.75) is 32.7 Å². The number of rotatable bonds is 9. The third-order valence-electron chi connectivity index (χ3n) is 5.66. The van der Waals surface area contributed by atoms with Gasteiger partial charge in [0.05, 0.1) is 18.2 Å². The van der Waals surface area contributed by atoms with Gasteiger partial charge < -0.3 is 19.6 Å². The summed E-state index contributed by atoms with van der Waals surface area (Å²) in [6, 6.07) is 12.2. The summed E-state index contributed by atoms with van der Waals surface area (Å²) >= 11 is 3.44. The lowest BCUT2D eigenvalue weighted by molar-refractivity contribution is -0.139. The van der Waals surface area contributed by atoms with Gasteiger partial charge in [-0.05, 0) is 81.9 Å². The summed E-state index contributed by atoms with van der Waals surface area (Å²) in [7, 11) is 3.94. The highest BCUT2D eigenvalue weighted by Gasteiger charge is 2.45. The number of aliphatic hydroxyl groups is 1. The third-order valence-corrected chi connectivity index (χ3v) is 6.18. The molecule has 176 valence electrons. The van der Waals surface area contributed by atoms with Crippen molar-refractivity contribution in [3.05, 3.63) is 69.2 Å². The fourth-order valence-corrected chi connectivity index (χ4v) is 4.28. The highest BCUT2D eigenvalue weighted by molar-refractivity contribution is 9.10. The topological polar surface area (TPSA) is 70.1 Å². The second-order valence-corrected chi connectivity index (χ2v) is 9.44. The van der Waals surface area contributed by atoms with Crippen LogP contribution in [0.15, 0.2) is 52.5 Å². The van der Waals surface area contributed by atoms with Crippen LogP contribution in [-0.4, -0.2) is 60.4 Å². The second-order valence-electron chi connectivity index (χ2n) is 8.53. The molecule has 6 nitrogen and oxygen atoms in total. The Morgan fingerprint density at radius 2 is 1.85 bits per heavy atom. The molecule has 2 aromatic rings. The minimum atomic E-state index is -0.656. The van der Waals surface area contributed by atoms with Crippen LogP contribution in [0.1, 0.15) is 42.5 Å². The van der Waals surface area contributed by atoms with Gasteiger partial charge in [-0.3, -0.25) is 9.59 Å². The average molecular weight is 515 g/mol. The molecule has 1 fully saturated rings. The lowest BCUT2D eigenvalue weighted by Crippen LogP contribution is -2.32. The first-order chi connectivity index (χ1) is 15.7. The number of hydrogen-bond acceptors (Lipinski definition) is 5. The smallest absolute Gasteiger partial charge is 0.295 e. The summed E-state index contributed by atoms with van der Waals surface area (Å²) in [4.78, 5) is 29.8. The number of likely N-dealkylation sites (tertiary alicyclic amines) is 1. The summed E-state index contributed by atoms with van der Waals surface area (Å²) < 4.78 is 6.58. The largest absolute Gasteiger partial charge is 0.507 e. The van der Waals surface area contributed by atoms with Crippen LogP contribution in [-0.2, 0) is 9.59 Å². The van der Waals surface area contributed by atoms with E-state index in [1.165, 1.54) is 0 Å². The zero-order valence-electron chi connectivity index (χ0n) is 19.6. The Bertz CT molecular complexity index is 1050. The second kappa shape index (κ2) is 11.0. The van der Waals surface area contributed by atoms with E-state index >= 15 is 0 Å². The Morgan fingerprint density at radius 3 is 2.45 bits per heavy atom. The number of carbonyl (C=O) groups is 2. The van der Waals surface area contributed by atoms with Crippen molar-refractivity contribution in [1.29, 1.82) is 0 Å². The Morgan fingerprint density at radius 1 is 1.15 bits per heavy atom. The average Bonchev–Trinajstić information content (AvgIpc) is 3.02. The van der Waals surface area contributed by atoms with Crippen LogP contribution >= 0.6 is 15.9 Å². The van der Waals surface area contributed by atoms with E-state index in [9.17, 15) is 14.7 Å². The number of ether oxygens (including phenoxy) is 1. The van der Waals surface area contributed by atoms with Gasteiger partial charge in [0.15, 0.2) is 0 Å². The number of halogens is 1. The van der Waals surface area contributed by atoms with E-state index in [0.29, 0.717) is 24.5 Å². The molecule has 1 atom stereocenters. The Labute approximate surface area is 204 Å². The molecule has 1 amide bonds. The highest BCUT2D eigenvalue weighted by Crippen LogP contribution is 2.40. The minimum absolute atomic E-state index is 0.123. The normalized spacial score (nSPS) is 17.8. The number of hydrogen-bond donors (Lipinski definition) is 1. The van der Waals surface area contributed by atoms with Gasteiger partial charge in [0.2, 0.25) is 0 Å². The molecule has 0 aromatic heterocycles. The van der Waals surface area contributed by atoms with Crippen LogP contribution in [0.3, 0.4) is 0 Å². The van der Waals surface area contributed by atoms with Gasteiger partial charge >= 0.3 is 0 Å². The van der Waals surface area contributed by atoms with Gasteiger partial charge in [-0.25, -0.2) is 0 Å². The fraction of sp³-hybridized carbons (Fsp3) is 0.385. The summed E-state index contributed by atoms with van der Waals surface area (Å²) in [5.74, 6) is -0.685. The molecule has 7 heteroatoms. The van der Waals surface area contributed by atoms with Crippen molar-refractivity contribution in [3.8, 4) is 5.75 Å². The number of nitrogens with zero attached hydrogens (tertiary/aromatic N) is 2. The molecule has 1 N–H and O–H groups in total. The predicted octanol–water partition coefficient (Wildman–Crippen LogP) is 4.92. The number of amides is 1. The number of aryl methyl sites for hydroxylation is 1. The number of ketones is 1. The van der Waals surface area contributed by atoms with Crippen LogP contribution in [0, 0.1) is 6.92 Å².